The first-order valence-corrected chi connectivity index (χ1v) is 5.30. The second-order valence-electron chi connectivity index (χ2n) is 3.95. The van der Waals surface area contributed by atoms with Crippen LogP contribution in [0.25, 0.3) is 0 Å². The quantitative estimate of drug-likeness (QED) is 0.653. The molecule has 0 aliphatic carbocycles. The maximum absolute atomic E-state index is 11.3. The van der Waals surface area contributed by atoms with Gasteiger partial charge in [-0.05, 0) is 20.8 Å². The van der Waals surface area contributed by atoms with E-state index >= 15 is 0 Å². The van der Waals surface area contributed by atoms with Crippen LogP contribution in [0, 0.1) is 0 Å². The Kier molecular flexibility index (Phi) is 3.31. The van der Waals surface area contributed by atoms with Gasteiger partial charge in [-0.25, -0.2) is 4.99 Å². The highest BCUT2D eigenvalue weighted by Crippen LogP contribution is 2.17. The van der Waals surface area contributed by atoms with Gasteiger partial charge in [0.2, 0.25) is 0 Å². The maximum Gasteiger partial charge on any atom is 0.312 e. The van der Waals surface area contributed by atoms with E-state index in [2.05, 4.69) is 4.99 Å². The van der Waals surface area contributed by atoms with Gasteiger partial charge in [-0.1, -0.05) is 0 Å². The van der Waals surface area contributed by atoms with Crippen LogP contribution in [-0.4, -0.2) is 28.3 Å². The molecular weight excluding hydrogens is 202 g/mol. The zero-order valence-electron chi connectivity index (χ0n) is 8.49. The minimum Gasteiger partial charge on any atom is -0.460 e. The monoisotopic (exact) mass is 215 g/mol. The standard InChI is InChI=1S/C9H13NO3S/c1-9(2,3)13-8(12)4-7-10-6(11)5-14-7/h4-5H2,1-3H3. The molecule has 0 aromatic heterocycles. The molecule has 0 aromatic carbocycles. The molecule has 1 amide bonds. The number of hydrogen-bond acceptors (Lipinski definition) is 4. The first-order valence-electron chi connectivity index (χ1n) is 4.32. The Morgan fingerprint density at radius 2 is 2.21 bits per heavy atom. The number of thioether (sulfide) groups is 1. The number of amides is 1. The van der Waals surface area contributed by atoms with Crippen molar-refractivity contribution in [2.75, 3.05) is 5.75 Å². The van der Waals surface area contributed by atoms with Gasteiger partial charge in [0.1, 0.15) is 5.60 Å². The van der Waals surface area contributed by atoms with Crippen molar-refractivity contribution in [1.82, 2.24) is 0 Å². The summed E-state index contributed by atoms with van der Waals surface area (Å²) >= 11 is 1.30. The van der Waals surface area contributed by atoms with E-state index in [9.17, 15) is 9.59 Å². The molecule has 4 nitrogen and oxygen atoms in total. The molecular formula is C9H13NO3S. The Balaban J connectivity index is 2.42. The van der Waals surface area contributed by atoms with Gasteiger partial charge in [-0.15, -0.1) is 11.8 Å². The third-order valence-electron chi connectivity index (χ3n) is 1.33. The van der Waals surface area contributed by atoms with Crippen molar-refractivity contribution in [1.29, 1.82) is 0 Å². The van der Waals surface area contributed by atoms with E-state index in [0.717, 1.165) is 0 Å². The molecule has 0 atom stereocenters. The number of carbonyl (C=O) groups excluding carboxylic acids is 2. The summed E-state index contributed by atoms with van der Waals surface area (Å²) in [5, 5.41) is 0.559. The van der Waals surface area contributed by atoms with Gasteiger partial charge in [0, 0.05) is 0 Å². The van der Waals surface area contributed by atoms with Crippen LogP contribution in [0.2, 0.25) is 0 Å². The van der Waals surface area contributed by atoms with E-state index < -0.39 is 5.60 Å². The van der Waals surface area contributed by atoms with E-state index in [-0.39, 0.29) is 18.3 Å². The van der Waals surface area contributed by atoms with Crippen LogP contribution in [-0.2, 0) is 14.3 Å². The number of rotatable bonds is 2. The fourth-order valence-corrected chi connectivity index (χ4v) is 1.68. The summed E-state index contributed by atoms with van der Waals surface area (Å²) in [5.74, 6) is -0.162. The molecule has 0 aromatic rings. The average molecular weight is 215 g/mol. The van der Waals surface area contributed by atoms with Gasteiger partial charge in [0.15, 0.2) is 0 Å². The van der Waals surface area contributed by atoms with Crippen LogP contribution < -0.4 is 0 Å². The summed E-state index contributed by atoms with van der Waals surface area (Å²) in [6.45, 7) is 5.42. The van der Waals surface area contributed by atoms with Crippen molar-refractivity contribution in [2.45, 2.75) is 32.8 Å². The van der Waals surface area contributed by atoms with Crippen molar-refractivity contribution in [3.8, 4) is 0 Å². The summed E-state index contributed by atoms with van der Waals surface area (Å²) in [6, 6.07) is 0. The van der Waals surface area contributed by atoms with Crippen LogP contribution in [0.3, 0.4) is 0 Å². The lowest BCUT2D eigenvalue weighted by Gasteiger charge is -2.19. The highest BCUT2D eigenvalue weighted by atomic mass is 32.2. The summed E-state index contributed by atoms with van der Waals surface area (Å²) in [4.78, 5) is 25.8. The first kappa shape index (κ1) is 11.2. The highest BCUT2D eigenvalue weighted by molar-refractivity contribution is 8.15. The summed E-state index contributed by atoms with van der Waals surface area (Å²) < 4.78 is 5.09. The molecule has 1 aliphatic heterocycles. The molecule has 5 heteroatoms. The molecule has 1 rings (SSSR count). The minimum atomic E-state index is -0.481. The van der Waals surface area contributed by atoms with Crippen molar-refractivity contribution < 1.29 is 14.3 Å². The molecule has 0 unspecified atom stereocenters. The number of nitrogens with zero attached hydrogens (tertiary/aromatic N) is 1. The second-order valence-corrected chi connectivity index (χ2v) is 5.00. The van der Waals surface area contributed by atoms with Crippen LogP contribution in [0.4, 0.5) is 0 Å². The molecule has 1 aliphatic rings. The lowest BCUT2D eigenvalue weighted by molar-refractivity contribution is -0.153. The summed E-state index contributed by atoms with van der Waals surface area (Å²) in [6.07, 6.45) is 0.105. The Morgan fingerprint density at radius 3 is 2.64 bits per heavy atom. The maximum atomic E-state index is 11.3. The predicted octanol–water partition coefficient (Wildman–Crippen LogP) is 1.39. The third-order valence-corrected chi connectivity index (χ3v) is 2.29. The van der Waals surface area contributed by atoms with Gasteiger partial charge >= 0.3 is 5.97 Å². The Bertz CT molecular complexity index is 291. The number of hydrogen-bond donors (Lipinski definition) is 0. The smallest absolute Gasteiger partial charge is 0.312 e. The average Bonchev–Trinajstić information content (AvgIpc) is 2.30. The normalized spacial score (nSPS) is 16.8. The lowest BCUT2D eigenvalue weighted by Crippen LogP contribution is -2.24. The van der Waals surface area contributed by atoms with Crippen molar-refractivity contribution in [2.24, 2.45) is 4.99 Å². The Hall–Kier alpha value is -0.840. The Morgan fingerprint density at radius 1 is 1.57 bits per heavy atom. The van der Waals surface area contributed by atoms with Crippen molar-refractivity contribution >= 4 is 28.7 Å². The number of esters is 1. The molecule has 0 fully saturated rings. The van der Waals surface area contributed by atoms with Crippen LogP contribution >= 0.6 is 11.8 Å². The SMILES string of the molecule is CC(C)(C)OC(=O)CC1=NC(=O)CS1. The number of ether oxygens (including phenoxy) is 1. The zero-order chi connectivity index (χ0) is 10.8. The fraction of sp³-hybridized carbons (Fsp3) is 0.667. The molecule has 0 N–H and O–H groups in total. The van der Waals surface area contributed by atoms with Crippen LogP contribution in [0.1, 0.15) is 27.2 Å². The molecule has 78 valence electrons. The van der Waals surface area contributed by atoms with Crippen LogP contribution in [0.5, 0.6) is 0 Å². The molecule has 14 heavy (non-hydrogen) atoms. The molecule has 1 heterocycles. The van der Waals surface area contributed by atoms with E-state index in [1.807, 2.05) is 0 Å². The number of carbonyl (C=O) groups is 2. The van der Waals surface area contributed by atoms with E-state index in [1.54, 1.807) is 20.8 Å². The van der Waals surface area contributed by atoms with Gasteiger partial charge in [-0.2, -0.15) is 0 Å². The van der Waals surface area contributed by atoms with Gasteiger partial charge in [-0.3, -0.25) is 9.59 Å². The first-order chi connectivity index (χ1) is 6.37. The number of aliphatic imine (C=N–C) groups is 1. The molecule has 0 saturated carbocycles. The largest absolute Gasteiger partial charge is 0.460 e. The van der Waals surface area contributed by atoms with Crippen molar-refractivity contribution in [3.63, 3.8) is 0 Å². The highest BCUT2D eigenvalue weighted by Gasteiger charge is 2.21. The molecule has 0 spiro atoms. The van der Waals surface area contributed by atoms with Crippen LogP contribution in [0.15, 0.2) is 4.99 Å². The summed E-state index contributed by atoms with van der Waals surface area (Å²) in [7, 11) is 0. The predicted molar refractivity (Wildman–Crippen MR) is 55.4 cm³/mol. The summed E-state index contributed by atoms with van der Waals surface area (Å²) in [5.41, 5.74) is -0.481. The topological polar surface area (TPSA) is 55.7 Å². The lowest BCUT2D eigenvalue weighted by atomic mass is 10.2. The third kappa shape index (κ3) is 3.91. The zero-order valence-corrected chi connectivity index (χ0v) is 9.31. The van der Waals surface area contributed by atoms with Gasteiger partial charge in [0.05, 0.1) is 17.2 Å². The van der Waals surface area contributed by atoms with E-state index in [0.29, 0.717) is 10.8 Å². The molecule has 0 saturated heterocycles. The fourth-order valence-electron chi connectivity index (χ4n) is 0.940. The minimum absolute atomic E-state index is 0.105. The van der Waals surface area contributed by atoms with E-state index in [4.69, 9.17) is 4.74 Å². The van der Waals surface area contributed by atoms with Gasteiger partial charge < -0.3 is 4.74 Å². The molecule has 0 radical (unpaired) electrons. The molecule has 0 bridgehead atoms. The van der Waals surface area contributed by atoms with Gasteiger partial charge in [0.25, 0.3) is 5.91 Å². The van der Waals surface area contributed by atoms with Crippen molar-refractivity contribution in [3.05, 3.63) is 0 Å². The second kappa shape index (κ2) is 4.13. The van der Waals surface area contributed by atoms with E-state index in [1.165, 1.54) is 11.8 Å². The Labute approximate surface area is 87.1 Å².